The molecule has 0 fully saturated rings. The molecule has 0 saturated heterocycles. The van der Waals surface area contributed by atoms with Gasteiger partial charge in [0, 0.05) is 23.5 Å². The molecule has 0 radical (unpaired) electrons. The standard InChI is InChI=1S/C22H26N2O4/c1-4-5-13-23-20-12-7-6-11-19(20)22(27)28-16(3)21(26)24-18-10-8-9-17(14-18)15(2)25/h6-12,14,16,23H,4-5,13H2,1-3H3,(H,24,26)/t16-/m1/s1. The van der Waals surface area contributed by atoms with Crippen molar-refractivity contribution in [3.8, 4) is 0 Å². The van der Waals surface area contributed by atoms with E-state index in [9.17, 15) is 14.4 Å². The summed E-state index contributed by atoms with van der Waals surface area (Å²) in [5.74, 6) is -1.13. The number of ether oxygens (including phenoxy) is 1. The fourth-order valence-electron chi connectivity index (χ4n) is 2.55. The number of ketones is 1. The molecule has 148 valence electrons. The van der Waals surface area contributed by atoms with Gasteiger partial charge in [-0.2, -0.15) is 0 Å². The highest BCUT2D eigenvalue weighted by molar-refractivity contribution is 6.00. The van der Waals surface area contributed by atoms with E-state index in [2.05, 4.69) is 17.6 Å². The molecule has 0 bridgehead atoms. The topological polar surface area (TPSA) is 84.5 Å². The van der Waals surface area contributed by atoms with Gasteiger partial charge in [0.15, 0.2) is 11.9 Å². The summed E-state index contributed by atoms with van der Waals surface area (Å²) in [6, 6.07) is 13.7. The highest BCUT2D eigenvalue weighted by Crippen LogP contribution is 2.18. The Morgan fingerprint density at radius 3 is 2.54 bits per heavy atom. The zero-order chi connectivity index (χ0) is 20.5. The quantitative estimate of drug-likeness (QED) is 0.384. The number of hydrogen-bond acceptors (Lipinski definition) is 5. The van der Waals surface area contributed by atoms with Gasteiger partial charge in [-0.05, 0) is 44.5 Å². The van der Waals surface area contributed by atoms with Gasteiger partial charge in [-0.25, -0.2) is 4.79 Å². The first-order valence-electron chi connectivity index (χ1n) is 9.38. The van der Waals surface area contributed by atoms with Crippen molar-refractivity contribution in [2.75, 3.05) is 17.2 Å². The highest BCUT2D eigenvalue weighted by Gasteiger charge is 2.21. The Bertz CT molecular complexity index is 848. The van der Waals surface area contributed by atoms with Crippen molar-refractivity contribution in [3.63, 3.8) is 0 Å². The van der Waals surface area contributed by atoms with Crippen LogP contribution in [-0.2, 0) is 9.53 Å². The molecule has 0 aliphatic carbocycles. The summed E-state index contributed by atoms with van der Waals surface area (Å²) in [6.07, 6.45) is 1.04. The monoisotopic (exact) mass is 382 g/mol. The molecule has 1 atom stereocenters. The largest absolute Gasteiger partial charge is 0.449 e. The molecule has 2 aromatic rings. The maximum atomic E-state index is 12.5. The maximum Gasteiger partial charge on any atom is 0.341 e. The lowest BCUT2D eigenvalue weighted by Crippen LogP contribution is -2.30. The van der Waals surface area contributed by atoms with Crippen LogP contribution in [0, 0.1) is 0 Å². The van der Waals surface area contributed by atoms with Crippen LogP contribution >= 0.6 is 0 Å². The predicted molar refractivity (Wildman–Crippen MR) is 110 cm³/mol. The van der Waals surface area contributed by atoms with Crippen LogP contribution in [0.2, 0.25) is 0 Å². The van der Waals surface area contributed by atoms with Gasteiger partial charge in [0.1, 0.15) is 0 Å². The number of amides is 1. The first kappa shape index (κ1) is 21.2. The molecule has 0 aromatic heterocycles. The molecule has 6 heteroatoms. The van der Waals surface area contributed by atoms with Crippen molar-refractivity contribution in [2.45, 2.75) is 39.7 Å². The number of rotatable bonds is 9. The lowest BCUT2D eigenvalue weighted by molar-refractivity contribution is -0.123. The molecular weight excluding hydrogens is 356 g/mol. The zero-order valence-electron chi connectivity index (χ0n) is 16.5. The first-order valence-corrected chi connectivity index (χ1v) is 9.38. The van der Waals surface area contributed by atoms with Crippen molar-refractivity contribution in [2.24, 2.45) is 0 Å². The third kappa shape index (κ3) is 5.94. The van der Waals surface area contributed by atoms with E-state index in [0.717, 1.165) is 19.4 Å². The summed E-state index contributed by atoms with van der Waals surface area (Å²) in [4.78, 5) is 36.3. The van der Waals surface area contributed by atoms with Gasteiger partial charge in [-0.1, -0.05) is 37.6 Å². The van der Waals surface area contributed by atoms with E-state index in [1.165, 1.54) is 13.8 Å². The fourth-order valence-corrected chi connectivity index (χ4v) is 2.55. The molecular formula is C22H26N2O4. The van der Waals surface area contributed by atoms with Crippen LogP contribution < -0.4 is 10.6 Å². The van der Waals surface area contributed by atoms with Gasteiger partial charge in [-0.3, -0.25) is 9.59 Å². The van der Waals surface area contributed by atoms with Crippen LogP contribution in [0.3, 0.4) is 0 Å². The first-order chi connectivity index (χ1) is 13.4. The molecule has 0 aliphatic heterocycles. The third-order valence-corrected chi connectivity index (χ3v) is 4.18. The Morgan fingerprint density at radius 1 is 1.07 bits per heavy atom. The number of nitrogens with one attached hydrogen (secondary N) is 2. The van der Waals surface area contributed by atoms with E-state index in [0.29, 0.717) is 22.5 Å². The Hall–Kier alpha value is -3.15. The van der Waals surface area contributed by atoms with Crippen LogP contribution in [0.25, 0.3) is 0 Å². The minimum Gasteiger partial charge on any atom is -0.449 e. The minimum absolute atomic E-state index is 0.0947. The van der Waals surface area contributed by atoms with Crippen LogP contribution in [0.15, 0.2) is 48.5 Å². The van der Waals surface area contributed by atoms with Crippen LogP contribution in [-0.4, -0.2) is 30.3 Å². The van der Waals surface area contributed by atoms with Gasteiger partial charge in [-0.15, -0.1) is 0 Å². The number of benzene rings is 2. The molecule has 0 aliphatic rings. The SMILES string of the molecule is CCCCNc1ccccc1C(=O)O[C@H](C)C(=O)Nc1cccc(C(C)=O)c1. The van der Waals surface area contributed by atoms with Crippen LogP contribution in [0.5, 0.6) is 0 Å². The molecule has 2 N–H and O–H groups in total. The average molecular weight is 382 g/mol. The highest BCUT2D eigenvalue weighted by atomic mass is 16.5. The van der Waals surface area contributed by atoms with Gasteiger partial charge in [0.2, 0.25) is 0 Å². The molecule has 6 nitrogen and oxygen atoms in total. The van der Waals surface area contributed by atoms with Crippen molar-refractivity contribution >= 4 is 29.0 Å². The van der Waals surface area contributed by atoms with Crippen molar-refractivity contribution in [3.05, 3.63) is 59.7 Å². The van der Waals surface area contributed by atoms with E-state index in [4.69, 9.17) is 4.74 Å². The molecule has 0 saturated carbocycles. The maximum absolute atomic E-state index is 12.5. The Kier molecular flexibility index (Phi) is 7.75. The number of anilines is 2. The van der Waals surface area contributed by atoms with E-state index >= 15 is 0 Å². The number of carbonyl (C=O) groups is 3. The van der Waals surface area contributed by atoms with E-state index < -0.39 is 18.0 Å². The summed E-state index contributed by atoms with van der Waals surface area (Å²) >= 11 is 0. The molecule has 28 heavy (non-hydrogen) atoms. The second kappa shape index (κ2) is 10.3. The summed E-state index contributed by atoms with van der Waals surface area (Å²) < 4.78 is 5.34. The average Bonchev–Trinajstić information content (AvgIpc) is 2.68. The lowest BCUT2D eigenvalue weighted by Gasteiger charge is -2.16. The molecule has 0 spiro atoms. The van der Waals surface area contributed by atoms with Gasteiger partial charge in [0.05, 0.1) is 5.56 Å². The second-order valence-corrected chi connectivity index (χ2v) is 6.50. The summed E-state index contributed by atoms with van der Waals surface area (Å²) in [6.45, 7) is 5.81. The second-order valence-electron chi connectivity index (χ2n) is 6.50. The van der Waals surface area contributed by atoms with E-state index in [1.54, 1.807) is 36.4 Å². The number of hydrogen-bond donors (Lipinski definition) is 2. The van der Waals surface area contributed by atoms with Crippen molar-refractivity contribution < 1.29 is 19.1 Å². The Morgan fingerprint density at radius 2 is 1.82 bits per heavy atom. The molecule has 0 unspecified atom stereocenters. The zero-order valence-corrected chi connectivity index (χ0v) is 16.5. The Labute approximate surface area is 165 Å². The van der Waals surface area contributed by atoms with Crippen molar-refractivity contribution in [1.82, 2.24) is 0 Å². The number of Topliss-reactive ketones (excluding diaryl/α,β-unsaturated/α-hetero) is 1. The molecule has 1 amide bonds. The van der Waals surface area contributed by atoms with Gasteiger partial charge >= 0.3 is 5.97 Å². The number of esters is 1. The normalized spacial score (nSPS) is 11.4. The molecule has 2 rings (SSSR count). The predicted octanol–water partition coefficient (Wildman–Crippen LogP) is 4.29. The van der Waals surface area contributed by atoms with Gasteiger partial charge < -0.3 is 15.4 Å². The summed E-state index contributed by atoms with van der Waals surface area (Å²) in [5, 5.41) is 5.89. The van der Waals surface area contributed by atoms with Crippen LogP contribution in [0.1, 0.15) is 54.3 Å². The van der Waals surface area contributed by atoms with E-state index in [-0.39, 0.29) is 5.78 Å². The minimum atomic E-state index is -0.989. The van der Waals surface area contributed by atoms with Crippen LogP contribution in [0.4, 0.5) is 11.4 Å². The Balaban J connectivity index is 2.01. The number of unbranched alkanes of at least 4 members (excludes halogenated alkanes) is 1. The summed E-state index contributed by atoms with van der Waals surface area (Å²) in [5.41, 5.74) is 2.04. The van der Waals surface area contributed by atoms with Gasteiger partial charge in [0.25, 0.3) is 5.91 Å². The number of carbonyl (C=O) groups excluding carboxylic acids is 3. The molecule has 2 aromatic carbocycles. The van der Waals surface area contributed by atoms with E-state index in [1.807, 2.05) is 12.1 Å². The third-order valence-electron chi connectivity index (χ3n) is 4.18. The van der Waals surface area contributed by atoms with Crippen molar-refractivity contribution in [1.29, 1.82) is 0 Å². The fraction of sp³-hybridized carbons (Fsp3) is 0.318. The number of para-hydroxylation sites is 1. The smallest absolute Gasteiger partial charge is 0.341 e. The lowest BCUT2D eigenvalue weighted by atomic mass is 10.1. The molecule has 0 heterocycles. The summed E-state index contributed by atoms with van der Waals surface area (Å²) in [7, 11) is 0.